The summed E-state index contributed by atoms with van der Waals surface area (Å²) in [5.41, 5.74) is 1.81. The molecule has 0 bridgehead atoms. The van der Waals surface area contributed by atoms with Crippen molar-refractivity contribution >= 4 is 11.5 Å². The van der Waals surface area contributed by atoms with Crippen LogP contribution in [0, 0.1) is 0 Å². The minimum absolute atomic E-state index is 0.249. The molecule has 6 heteroatoms. The van der Waals surface area contributed by atoms with Crippen molar-refractivity contribution < 1.29 is 14.2 Å². The quantitative estimate of drug-likeness (QED) is 0.797. The Balaban J connectivity index is 2.45. The Kier molecular flexibility index (Phi) is 6.07. The minimum atomic E-state index is 0.249. The van der Waals surface area contributed by atoms with Crippen molar-refractivity contribution in [1.29, 1.82) is 0 Å². The number of aromatic nitrogens is 2. The summed E-state index contributed by atoms with van der Waals surface area (Å²) in [6.07, 6.45) is 0. The van der Waals surface area contributed by atoms with E-state index in [1.54, 1.807) is 21.3 Å². The van der Waals surface area contributed by atoms with Crippen molar-refractivity contribution in [2.45, 2.75) is 39.5 Å². The van der Waals surface area contributed by atoms with E-state index < -0.39 is 0 Å². The summed E-state index contributed by atoms with van der Waals surface area (Å²) in [6, 6.07) is 5.68. The van der Waals surface area contributed by atoms with Gasteiger partial charge in [-0.3, -0.25) is 0 Å². The smallest absolute Gasteiger partial charge is 0.203 e. The third kappa shape index (κ3) is 4.32. The highest BCUT2D eigenvalue weighted by atomic mass is 16.5. The number of nitrogens with one attached hydrogen (secondary N) is 1. The molecule has 0 aliphatic carbocycles. The maximum atomic E-state index is 5.40. The zero-order valence-corrected chi connectivity index (χ0v) is 16.0. The summed E-state index contributed by atoms with van der Waals surface area (Å²) in [5, 5.41) is 3.33. The molecule has 1 aromatic heterocycles. The molecule has 25 heavy (non-hydrogen) atoms. The van der Waals surface area contributed by atoms with Crippen LogP contribution < -0.4 is 19.5 Å². The summed E-state index contributed by atoms with van der Waals surface area (Å²) in [6.45, 7) is 8.41. The monoisotopic (exact) mass is 345 g/mol. The van der Waals surface area contributed by atoms with E-state index in [0.29, 0.717) is 23.2 Å². The van der Waals surface area contributed by atoms with Crippen LogP contribution in [0.5, 0.6) is 17.2 Å². The second kappa shape index (κ2) is 8.05. The average molecular weight is 345 g/mol. The molecule has 1 N–H and O–H groups in total. The summed E-state index contributed by atoms with van der Waals surface area (Å²) in [7, 11) is 4.78. The zero-order valence-electron chi connectivity index (χ0n) is 16.0. The third-order valence-electron chi connectivity index (χ3n) is 3.81. The molecule has 0 saturated heterocycles. The Bertz CT molecular complexity index is 679. The Hall–Kier alpha value is -2.50. The highest BCUT2D eigenvalue weighted by Crippen LogP contribution is 2.40. The summed E-state index contributed by atoms with van der Waals surface area (Å²) < 4.78 is 16.2. The van der Waals surface area contributed by atoms with Crippen molar-refractivity contribution in [2.24, 2.45) is 0 Å². The van der Waals surface area contributed by atoms with Crippen molar-refractivity contribution in [3.8, 4) is 17.2 Å². The predicted octanol–water partition coefficient (Wildman–Crippen LogP) is 4.49. The molecule has 0 amide bonds. The van der Waals surface area contributed by atoms with Crippen LogP contribution in [0.25, 0.3) is 0 Å². The molecule has 1 aromatic carbocycles. The van der Waals surface area contributed by atoms with Gasteiger partial charge in [-0.1, -0.05) is 27.7 Å². The van der Waals surface area contributed by atoms with Gasteiger partial charge >= 0.3 is 0 Å². The fourth-order valence-corrected chi connectivity index (χ4v) is 2.40. The summed E-state index contributed by atoms with van der Waals surface area (Å²) in [4.78, 5) is 9.28. The number of nitrogens with zero attached hydrogens (tertiary/aromatic N) is 2. The lowest BCUT2D eigenvalue weighted by Gasteiger charge is -2.16. The lowest BCUT2D eigenvalue weighted by atomic mass is 10.1. The van der Waals surface area contributed by atoms with Crippen LogP contribution in [0.1, 0.15) is 51.0 Å². The molecule has 0 spiro atoms. The fourth-order valence-electron chi connectivity index (χ4n) is 2.40. The Morgan fingerprint density at radius 1 is 0.800 bits per heavy atom. The van der Waals surface area contributed by atoms with Crippen LogP contribution in [0.2, 0.25) is 0 Å². The molecule has 2 rings (SSSR count). The Morgan fingerprint density at radius 3 is 1.84 bits per heavy atom. The first kappa shape index (κ1) is 18.8. The second-order valence-electron chi connectivity index (χ2n) is 6.38. The standard InChI is InChI=1S/C19H27N3O3/c1-11(2)14-10-17(22-19(21-14)12(3)4)20-13-8-15(23-5)18(25-7)16(9-13)24-6/h8-12H,1-7H3,(H,20,21,22). The maximum Gasteiger partial charge on any atom is 0.203 e. The van der Waals surface area contributed by atoms with Gasteiger partial charge in [-0.2, -0.15) is 0 Å². The van der Waals surface area contributed by atoms with Crippen LogP contribution >= 0.6 is 0 Å². The highest BCUT2D eigenvalue weighted by Gasteiger charge is 2.15. The number of methoxy groups -OCH3 is 3. The van der Waals surface area contributed by atoms with Crippen LogP contribution in [-0.2, 0) is 0 Å². The summed E-state index contributed by atoms with van der Waals surface area (Å²) >= 11 is 0. The molecule has 0 radical (unpaired) electrons. The predicted molar refractivity (Wildman–Crippen MR) is 99.6 cm³/mol. The fraction of sp³-hybridized carbons (Fsp3) is 0.474. The number of anilines is 2. The summed E-state index contributed by atoms with van der Waals surface area (Å²) in [5.74, 6) is 3.88. The number of ether oxygens (including phenoxy) is 3. The molecule has 0 fully saturated rings. The van der Waals surface area contributed by atoms with E-state index in [1.165, 1.54) is 0 Å². The average Bonchev–Trinajstić information content (AvgIpc) is 2.60. The van der Waals surface area contributed by atoms with Gasteiger partial charge < -0.3 is 19.5 Å². The van der Waals surface area contributed by atoms with Gasteiger partial charge in [0.15, 0.2) is 11.5 Å². The number of hydrogen-bond acceptors (Lipinski definition) is 6. The van der Waals surface area contributed by atoms with E-state index in [1.807, 2.05) is 18.2 Å². The van der Waals surface area contributed by atoms with E-state index in [-0.39, 0.29) is 5.92 Å². The van der Waals surface area contributed by atoms with Crippen LogP contribution in [0.3, 0.4) is 0 Å². The maximum absolute atomic E-state index is 5.40. The van der Waals surface area contributed by atoms with Crippen LogP contribution in [0.15, 0.2) is 18.2 Å². The van der Waals surface area contributed by atoms with E-state index in [4.69, 9.17) is 14.2 Å². The van der Waals surface area contributed by atoms with Crippen molar-refractivity contribution in [1.82, 2.24) is 9.97 Å². The van der Waals surface area contributed by atoms with E-state index >= 15 is 0 Å². The van der Waals surface area contributed by atoms with Gasteiger partial charge in [0, 0.05) is 35.5 Å². The molecule has 0 saturated carbocycles. The van der Waals surface area contributed by atoms with Gasteiger partial charge in [0.05, 0.1) is 21.3 Å². The Labute approximate surface area is 149 Å². The van der Waals surface area contributed by atoms with Crippen molar-refractivity contribution in [2.75, 3.05) is 26.6 Å². The molecular weight excluding hydrogens is 318 g/mol. The lowest BCUT2D eigenvalue weighted by molar-refractivity contribution is 0.324. The number of hydrogen-bond donors (Lipinski definition) is 1. The van der Waals surface area contributed by atoms with Crippen LogP contribution in [0.4, 0.5) is 11.5 Å². The van der Waals surface area contributed by atoms with Gasteiger partial charge in [0.25, 0.3) is 0 Å². The molecule has 0 unspecified atom stereocenters. The molecule has 136 valence electrons. The van der Waals surface area contributed by atoms with Gasteiger partial charge in [0.2, 0.25) is 5.75 Å². The number of benzene rings is 1. The molecule has 2 aromatic rings. The molecule has 1 heterocycles. The molecular formula is C19H27N3O3. The van der Waals surface area contributed by atoms with Gasteiger partial charge in [0.1, 0.15) is 11.6 Å². The van der Waals surface area contributed by atoms with Crippen molar-refractivity contribution in [3.05, 3.63) is 29.7 Å². The molecule has 0 aliphatic rings. The van der Waals surface area contributed by atoms with Gasteiger partial charge in [-0.05, 0) is 5.92 Å². The van der Waals surface area contributed by atoms with Gasteiger partial charge in [-0.25, -0.2) is 9.97 Å². The number of rotatable bonds is 7. The zero-order chi connectivity index (χ0) is 18.6. The highest BCUT2D eigenvalue weighted by molar-refractivity contribution is 5.66. The second-order valence-corrected chi connectivity index (χ2v) is 6.38. The first-order valence-electron chi connectivity index (χ1n) is 8.35. The van der Waals surface area contributed by atoms with Crippen LogP contribution in [-0.4, -0.2) is 31.3 Å². The molecule has 0 atom stereocenters. The molecule has 0 aliphatic heterocycles. The van der Waals surface area contributed by atoms with E-state index in [0.717, 1.165) is 23.0 Å². The van der Waals surface area contributed by atoms with E-state index in [2.05, 4.69) is 43.0 Å². The Morgan fingerprint density at radius 2 is 1.40 bits per heavy atom. The SMILES string of the molecule is COc1cc(Nc2cc(C(C)C)nc(C(C)C)n2)cc(OC)c1OC. The van der Waals surface area contributed by atoms with Gasteiger partial charge in [-0.15, -0.1) is 0 Å². The van der Waals surface area contributed by atoms with Crippen molar-refractivity contribution in [3.63, 3.8) is 0 Å². The topological polar surface area (TPSA) is 65.5 Å². The third-order valence-corrected chi connectivity index (χ3v) is 3.81. The lowest BCUT2D eigenvalue weighted by Crippen LogP contribution is -2.06. The first-order chi connectivity index (χ1) is 11.9. The largest absolute Gasteiger partial charge is 0.493 e. The van der Waals surface area contributed by atoms with E-state index in [9.17, 15) is 0 Å². The minimum Gasteiger partial charge on any atom is -0.493 e. The first-order valence-corrected chi connectivity index (χ1v) is 8.35. The molecule has 6 nitrogen and oxygen atoms in total. The normalized spacial score (nSPS) is 10.9.